The summed E-state index contributed by atoms with van der Waals surface area (Å²) in [5.74, 6) is 0.480. The van der Waals surface area contributed by atoms with Crippen molar-refractivity contribution in [2.24, 2.45) is 0 Å². The number of anilines is 1. The van der Waals surface area contributed by atoms with Crippen molar-refractivity contribution in [3.63, 3.8) is 0 Å². The number of amides is 1. The fraction of sp³-hybridized carbons (Fsp3) is 0.278. The number of rotatable bonds is 9. The second-order valence-electron chi connectivity index (χ2n) is 5.50. The fourth-order valence-electron chi connectivity index (χ4n) is 2.22. The molecule has 0 aliphatic carbocycles. The maximum Gasteiger partial charge on any atom is 0.240 e. The van der Waals surface area contributed by atoms with Crippen LogP contribution in [0.1, 0.15) is 0 Å². The van der Waals surface area contributed by atoms with Crippen LogP contribution in [-0.2, 0) is 19.6 Å². The van der Waals surface area contributed by atoms with Gasteiger partial charge in [-0.05, 0) is 24.3 Å². The van der Waals surface area contributed by atoms with E-state index in [1.165, 1.54) is 7.11 Å². The van der Waals surface area contributed by atoms with E-state index < -0.39 is 15.9 Å². The van der Waals surface area contributed by atoms with Gasteiger partial charge in [-0.2, -0.15) is 0 Å². The molecule has 0 spiro atoms. The van der Waals surface area contributed by atoms with E-state index in [1.54, 1.807) is 36.4 Å². The Morgan fingerprint density at radius 3 is 2.38 bits per heavy atom. The summed E-state index contributed by atoms with van der Waals surface area (Å²) in [6.07, 6.45) is 1.05. The van der Waals surface area contributed by atoms with Gasteiger partial charge in [-0.25, -0.2) is 8.42 Å². The summed E-state index contributed by atoms with van der Waals surface area (Å²) >= 11 is 0. The van der Waals surface area contributed by atoms with Crippen LogP contribution in [0.2, 0.25) is 0 Å². The van der Waals surface area contributed by atoms with E-state index in [4.69, 9.17) is 9.47 Å². The molecule has 0 bridgehead atoms. The molecule has 0 unspecified atom stereocenters. The minimum atomic E-state index is -3.70. The summed E-state index contributed by atoms with van der Waals surface area (Å²) < 4.78 is 36.2. The molecule has 0 radical (unpaired) electrons. The topological polar surface area (TPSA) is 84.9 Å². The van der Waals surface area contributed by atoms with Gasteiger partial charge in [0.2, 0.25) is 15.9 Å². The minimum absolute atomic E-state index is 0.292. The smallest absolute Gasteiger partial charge is 0.240 e. The van der Waals surface area contributed by atoms with Gasteiger partial charge in [0.05, 0.1) is 18.6 Å². The highest BCUT2D eigenvalue weighted by Gasteiger charge is 2.24. The first-order valence-corrected chi connectivity index (χ1v) is 9.82. The fourth-order valence-corrected chi connectivity index (χ4v) is 3.08. The molecule has 1 amide bonds. The lowest BCUT2D eigenvalue weighted by Crippen LogP contribution is -2.41. The summed E-state index contributed by atoms with van der Waals surface area (Å²) in [6.45, 7) is 0.297. The van der Waals surface area contributed by atoms with Crippen molar-refractivity contribution in [2.75, 3.05) is 37.4 Å². The quantitative estimate of drug-likeness (QED) is 0.675. The molecule has 2 aromatic carbocycles. The second kappa shape index (κ2) is 9.21. The molecule has 0 atom stereocenters. The maximum atomic E-state index is 12.3. The van der Waals surface area contributed by atoms with Crippen LogP contribution in [-0.4, -0.2) is 47.4 Å². The van der Waals surface area contributed by atoms with Gasteiger partial charge in [0, 0.05) is 13.7 Å². The molecule has 0 fully saturated rings. The first-order valence-electron chi connectivity index (χ1n) is 7.97. The van der Waals surface area contributed by atoms with E-state index in [1.807, 2.05) is 18.2 Å². The zero-order valence-corrected chi connectivity index (χ0v) is 15.5. The zero-order valence-electron chi connectivity index (χ0n) is 14.7. The highest BCUT2D eigenvalue weighted by Crippen LogP contribution is 2.33. The summed E-state index contributed by atoms with van der Waals surface area (Å²) in [5, 5.41) is 2.61. The molecule has 26 heavy (non-hydrogen) atoms. The summed E-state index contributed by atoms with van der Waals surface area (Å²) in [5.41, 5.74) is 0.292. The third kappa shape index (κ3) is 5.75. The molecule has 8 heteroatoms. The molecule has 0 saturated heterocycles. The van der Waals surface area contributed by atoms with E-state index in [2.05, 4.69) is 5.32 Å². The predicted molar refractivity (Wildman–Crippen MR) is 100 cm³/mol. The van der Waals surface area contributed by atoms with Crippen LogP contribution in [0.25, 0.3) is 0 Å². The van der Waals surface area contributed by atoms with Crippen molar-refractivity contribution >= 4 is 21.6 Å². The third-order valence-electron chi connectivity index (χ3n) is 3.42. The van der Waals surface area contributed by atoms with Crippen molar-refractivity contribution < 1.29 is 22.7 Å². The second-order valence-corrected chi connectivity index (χ2v) is 7.40. The number of carbonyl (C=O) groups is 1. The monoisotopic (exact) mass is 378 g/mol. The minimum Gasteiger partial charge on any atom is -0.455 e. The summed E-state index contributed by atoms with van der Waals surface area (Å²) in [6, 6.07) is 15.7. The van der Waals surface area contributed by atoms with Crippen molar-refractivity contribution in [1.29, 1.82) is 0 Å². The average molecular weight is 378 g/mol. The van der Waals surface area contributed by atoms with Gasteiger partial charge in [-0.1, -0.05) is 30.3 Å². The van der Waals surface area contributed by atoms with Gasteiger partial charge in [-0.3, -0.25) is 9.10 Å². The molecular weight excluding hydrogens is 356 g/mol. The highest BCUT2D eigenvalue weighted by molar-refractivity contribution is 7.92. The number of nitrogens with one attached hydrogen (secondary N) is 1. The Hall–Kier alpha value is -2.58. The normalized spacial score (nSPS) is 11.0. The van der Waals surface area contributed by atoms with Crippen molar-refractivity contribution in [2.45, 2.75) is 0 Å². The van der Waals surface area contributed by atoms with Gasteiger partial charge in [0.25, 0.3) is 0 Å². The van der Waals surface area contributed by atoms with E-state index >= 15 is 0 Å². The largest absolute Gasteiger partial charge is 0.455 e. The van der Waals surface area contributed by atoms with Crippen LogP contribution in [0.15, 0.2) is 54.6 Å². The molecule has 140 valence electrons. The first-order chi connectivity index (χ1) is 12.4. The highest BCUT2D eigenvalue weighted by atomic mass is 32.2. The molecule has 0 aromatic heterocycles. The summed E-state index contributed by atoms with van der Waals surface area (Å²) in [7, 11) is -2.18. The molecule has 2 rings (SSSR count). The number of sulfonamides is 1. The molecule has 0 aliphatic rings. The first kappa shape index (κ1) is 19.7. The SMILES string of the molecule is COCCNC(=O)CN(c1ccccc1Oc1ccccc1)S(C)(=O)=O. The Bertz CT molecular complexity index is 824. The Morgan fingerprint density at radius 2 is 1.73 bits per heavy atom. The maximum absolute atomic E-state index is 12.3. The summed E-state index contributed by atoms with van der Waals surface area (Å²) in [4.78, 5) is 12.1. The Kier molecular flexibility index (Phi) is 6.99. The van der Waals surface area contributed by atoms with Crippen molar-refractivity contribution in [3.8, 4) is 11.5 Å². The van der Waals surface area contributed by atoms with E-state index in [0.29, 0.717) is 30.3 Å². The molecular formula is C18H22N2O5S. The predicted octanol–water partition coefficient (Wildman–Crippen LogP) is 2.01. The van der Waals surface area contributed by atoms with Crippen molar-refractivity contribution in [3.05, 3.63) is 54.6 Å². The standard InChI is InChI=1S/C18H22N2O5S/c1-24-13-12-19-18(21)14-20(26(2,22)23)16-10-6-7-11-17(16)25-15-8-4-3-5-9-15/h3-11H,12-14H2,1-2H3,(H,19,21). The number of carbonyl (C=O) groups excluding carboxylic acids is 1. The average Bonchev–Trinajstić information content (AvgIpc) is 2.61. The number of benzene rings is 2. The lowest BCUT2D eigenvalue weighted by Gasteiger charge is -2.24. The van der Waals surface area contributed by atoms with Crippen LogP contribution in [0.5, 0.6) is 11.5 Å². The van der Waals surface area contributed by atoms with Crippen LogP contribution in [0.4, 0.5) is 5.69 Å². The van der Waals surface area contributed by atoms with Gasteiger partial charge >= 0.3 is 0 Å². The van der Waals surface area contributed by atoms with Gasteiger partial charge in [0.15, 0.2) is 5.75 Å². The lowest BCUT2D eigenvalue weighted by atomic mass is 10.3. The van der Waals surface area contributed by atoms with E-state index in [-0.39, 0.29) is 6.54 Å². The molecule has 0 saturated carbocycles. The molecule has 2 aromatic rings. The number of nitrogens with zero attached hydrogens (tertiary/aromatic N) is 1. The Labute approximate surface area is 153 Å². The van der Waals surface area contributed by atoms with Crippen LogP contribution in [0, 0.1) is 0 Å². The van der Waals surface area contributed by atoms with Crippen LogP contribution < -0.4 is 14.4 Å². The van der Waals surface area contributed by atoms with Gasteiger partial charge in [0.1, 0.15) is 12.3 Å². The number of ether oxygens (including phenoxy) is 2. The molecule has 7 nitrogen and oxygen atoms in total. The van der Waals surface area contributed by atoms with E-state index in [0.717, 1.165) is 10.6 Å². The number of para-hydroxylation sites is 3. The molecule has 0 heterocycles. The van der Waals surface area contributed by atoms with Gasteiger partial charge in [-0.15, -0.1) is 0 Å². The molecule has 0 aliphatic heterocycles. The Balaban J connectivity index is 2.27. The Morgan fingerprint density at radius 1 is 1.08 bits per heavy atom. The number of methoxy groups -OCH3 is 1. The number of hydrogen-bond acceptors (Lipinski definition) is 5. The van der Waals surface area contributed by atoms with E-state index in [9.17, 15) is 13.2 Å². The van der Waals surface area contributed by atoms with Crippen molar-refractivity contribution in [1.82, 2.24) is 5.32 Å². The van der Waals surface area contributed by atoms with Gasteiger partial charge < -0.3 is 14.8 Å². The van der Waals surface area contributed by atoms with Crippen LogP contribution >= 0.6 is 0 Å². The zero-order chi connectivity index (χ0) is 19.0. The molecule has 1 N–H and O–H groups in total. The lowest BCUT2D eigenvalue weighted by molar-refractivity contribution is -0.119. The third-order valence-corrected chi connectivity index (χ3v) is 4.55. The van der Waals surface area contributed by atoms with Crippen LogP contribution in [0.3, 0.4) is 0 Å². The number of hydrogen-bond donors (Lipinski definition) is 1.